The van der Waals surface area contributed by atoms with Crippen molar-refractivity contribution in [3.05, 3.63) is 23.3 Å². The van der Waals surface area contributed by atoms with Gasteiger partial charge in [-0.05, 0) is 36.1 Å². The summed E-state index contributed by atoms with van der Waals surface area (Å²) >= 11 is 0. The number of aryl methyl sites for hydroxylation is 2. The lowest BCUT2D eigenvalue weighted by Crippen LogP contribution is -1.99. The maximum atomic E-state index is 6.88. The molecule has 2 aliphatic carbocycles. The van der Waals surface area contributed by atoms with Gasteiger partial charge in [-0.15, -0.1) is 0 Å². The van der Waals surface area contributed by atoms with E-state index in [1.807, 2.05) is 0 Å². The second kappa shape index (κ2) is 2.63. The van der Waals surface area contributed by atoms with Crippen LogP contribution >= 0.6 is 0 Å². The van der Waals surface area contributed by atoms with Gasteiger partial charge in [0.05, 0.1) is 0 Å². The summed E-state index contributed by atoms with van der Waals surface area (Å²) < 4.78 is 0. The molecule has 2 heteroatoms. The fourth-order valence-electron chi connectivity index (χ4n) is 1.41. The van der Waals surface area contributed by atoms with Crippen LogP contribution in [0.1, 0.15) is 11.1 Å². The lowest BCUT2D eigenvalue weighted by atomic mass is 9.82. The van der Waals surface area contributed by atoms with Crippen LogP contribution in [0.5, 0.6) is 0 Å². The summed E-state index contributed by atoms with van der Waals surface area (Å²) in [6.45, 7) is 4.32. The van der Waals surface area contributed by atoms with Crippen LogP contribution in [0, 0.1) is 25.4 Å². The van der Waals surface area contributed by atoms with E-state index in [0.717, 1.165) is 6.26 Å². The molecule has 0 radical (unpaired) electrons. The smallest absolute Gasteiger partial charge is 0.283 e. The number of benzene rings is 1. The predicted octanol–water partition coefficient (Wildman–Crippen LogP) is 2.12. The molecule has 0 bridgehead atoms. The van der Waals surface area contributed by atoms with Gasteiger partial charge >= 0.3 is 0 Å². The van der Waals surface area contributed by atoms with Crippen molar-refractivity contribution in [1.82, 2.24) is 0 Å². The molecule has 0 fully saturated rings. The maximum Gasteiger partial charge on any atom is 0.283 e. The van der Waals surface area contributed by atoms with Gasteiger partial charge in [0.2, 0.25) is 0 Å². The fraction of sp³-hybridized carbons (Fsp3) is 0.222. The molecule has 0 aromatic rings. The van der Waals surface area contributed by atoms with Crippen LogP contribution < -0.4 is 0 Å². The van der Waals surface area contributed by atoms with E-state index < -0.39 is 0 Å². The van der Waals surface area contributed by atoms with Crippen LogP contribution in [-0.2, 0) is 0 Å². The summed E-state index contributed by atoms with van der Waals surface area (Å²) in [6, 6.07) is 4.45. The van der Waals surface area contributed by atoms with Crippen molar-refractivity contribution < 1.29 is 5.11 Å². The fourth-order valence-corrected chi connectivity index (χ4v) is 1.41. The van der Waals surface area contributed by atoms with Gasteiger partial charge in [0.1, 0.15) is 0 Å². The second-order valence-electron chi connectivity index (χ2n) is 2.59. The number of hydrogen-bond donors (Lipinski definition) is 1. The first-order valence-electron chi connectivity index (χ1n) is 3.35. The Morgan fingerprint density at radius 2 is 1.64 bits per heavy atom. The van der Waals surface area contributed by atoms with Crippen LogP contribution in [0.4, 0.5) is 0 Å². The Morgan fingerprint density at radius 1 is 1.27 bits per heavy atom. The summed E-state index contributed by atoms with van der Waals surface area (Å²) in [5, 5.41) is 13.8. The van der Waals surface area contributed by atoms with E-state index in [-0.39, 0.29) is 0 Å². The van der Waals surface area contributed by atoms with Gasteiger partial charge < -0.3 is 5.11 Å². The normalized spacial score (nSPS) is 9.18. The van der Waals surface area contributed by atoms with E-state index in [1.165, 1.54) is 22.3 Å². The number of rotatable bonds is 0. The van der Waals surface area contributed by atoms with Crippen molar-refractivity contribution >= 4 is 0 Å². The van der Waals surface area contributed by atoms with Gasteiger partial charge in [-0.2, -0.15) is 5.26 Å². The van der Waals surface area contributed by atoms with Crippen molar-refractivity contribution in [3.8, 4) is 17.4 Å². The van der Waals surface area contributed by atoms with Crippen molar-refractivity contribution in [2.45, 2.75) is 13.8 Å². The number of nitriles is 1. The van der Waals surface area contributed by atoms with Gasteiger partial charge in [-0.3, -0.25) is 0 Å². The molecule has 2 aliphatic rings. The quantitative estimate of drug-likeness (QED) is 0.580. The van der Waals surface area contributed by atoms with E-state index in [4.69, 9.17) is 10.4 Å². The van der Waals surface area contributed by atoms with Gasteiger partial charge in [0.15, 0.2) is 0 Å². The van der Waals surface area contributed by atoms with E-state index in [2.05, 4.69) is 26.0 Å². The van der Waals surface area contributed by atoms with Crippen molar-refractivity contribution in [1.29, 1.82) is 5.26 Å². The minimum atomic E-state index is 0.750. The Balaban J connectivity index is 0.000000179. The molecule has 0 saturated carbocycles. The molecule has 0 saturated heterocycles. The van der Waals surface area contributed by atoms with Gasteiger partial charge in [-0.25, -0.2) is 0 Å². The van der Waals surface area contributed by atoms with Gasteiger partial charge in [0, 0.05) is 0 Å². The number of aliphatic hydroxyl groups excluding tert-OH is 1. The third kappa shape index (κ3) is 1.05. The average molecular weight is 147 g/mol. The molecule has 0 aromatic carbocycles. The Bertz CT molecular complexity index is 300. The highest BCUT2D eigenvalue weighted by atomic mass is 16.2. The highest BCUT2D eigenvalue weighted by Gasteiger charge is 2.16. The molecule has 0 aromatic heterocycles. The van der Waals surface area contributed by atoms with Crippen molar-refractivity contribution in [2.75, 3.05) is 0 Å². The SMILES string of the molecule is Cc1cc2cc(C)c1-2.N#CO. The van der Waals surface area contributed by atoms with Crippen molar-refractivity contribution in [3.63, 3.8) is 0 Å². The minimum absolute atomic E-state index is 0.750. The molecule has 11 heavy (non-hydrogen) atoms. The van der Waals surface area contributed by atoms with Crippen LogP contribution in [0.15, 0.2) is 12.1 Å². The highest BCUT2D eigenvalue weighted by molar-refractivity contribution is 5.84. The molecule has 1 N–H and O–H groups in total. The Hall–Kier alpha value is -1.49. The third-order valence-electron chi connectivity index (χ3n) is 1.82. The minimum Gasteiger partial charge on any atom is -0.443 e. The van der Waals surface area contributed by atoms with Crippen LogP contribution in [-0.4, -0.2) is 5.11 Å². The molecule has 0 spiro atoms. The lowest BCUT2D eigenvalue weighted by molar-refractivity contribution is 0.503. The largest absolute Gasteiger partial charge is 0.443 e. The highest BCUT2D eigenvalue weighted by Crippen LogP contribution is 2.39. The second-order valence-corrected chi connectivity index (χ2v) is 2.59. The van der Waals surface area contributed by atoms with E-state index in [0.29, 0.717) is 0 Å². The average Bonchev–Trinajstić information content (AvgIpc) is 1.86. The number of nitrogens with zero attached hydrogens (tertiary/aromatic N) is 1. The topological polar surface area (TPSA) is 44.0 Å². The first kappa shape index (κ1) is 7.62. The molecule has 0 amide bonds. The number of fused-ring (bicyclic) bond motifs is 1. The third-order valence-corrected chi connectivity index (χ3v) is 1.82. The summed E-state index contributed by atoms with van der Waals surface area (Å²) in [5.74, 6) is 0. The summed E-state index contributed by atoms with van der Waals surface area (Å²) in [6.07, 6.45) is 0.750. The molecular weight excluding hydrogens is 138 g/mol. The zero-order chi connectivity index (χ0) is 8.43. The number of hydrogen-bond acceptors (Lipinski definition) is 2. The first-order chi connectivity index (χ1) is 5.20. The Morgan fingerprint density at radius 3 is 1.73 bits per heavy atom. The zero-order valence-corrected chi connectivity index (χ0v) is 6.55. The van der Waals surface area contributed by atoms with E-state index in [9.17, 15) is 0 Å². The molecule has 0 atom stereocenters. The summed E-state index contributed by atoms with van der Waals surface area (Å²) in [4.78, 5) is 0. The number of aliphatic hydroxyl groups is 1. The molecule has 2 nitrogen and oxygen atoms in total. The van der Waals surface area contributed by atoms with Crippen LogP contribution in [0.3, 0.4) is 0 Å². The lowest BCUT2D eigenvalue weighted by Gasteiger charge is -2.22. The van der Waals surface area contributed by atoms with E-state index in [1.54, 1.807) is 0 Å². The Labute approximate surface area is 65.7 Å². The predicted molar refractivity (Wildman–Crippen MR) is 42.5 cm³/mol. The molecule has 0 heterocycles. The zero-order valence-electron chi connectivity index (χ0n) is 6.55. The summed E-state index contributed by atoms with van der Waals surface area (Å²) in [7, 11) is 0. The Kier molecular flexibility index (Phi) is 1.82. The maximum absolute atomic E-state index is 6.88. The van der Waals surface area contributed by atoms with Crippen LogP contribution in [0.2, 0.25) is 0 Å². The summed E-state index contributed by atoms with van der Waals surface area (Å²) in [5.41, 5.74) is 5.89. The van der Waals surface area contributed by atoms with Crippen molar-refractivity contribution in [2.24, 2.45) is 0 Å². The molecule has 2 rings (SSSR count). The monoisotopic (exact) mass is 147 g/mol. The molecule has 0 aliphatic heterocycles. The van der Waals surface area contributed by atoms with E-state index >= 15 is 0 Å². The van der Waals surface area contributed by atoms with Crippen LogP contribution in [0.25, 0.3) is 11.1 Å². The molecular formula is C9H9NO. The van der Waals surface area contributed by atoms with Gasteiger partial charge in [0.25, 0.3) is 6.26 Å². The van der Waals surface area contributed by atoms with Gasteiger partial charge in [-0.1, -0.05) is 12.1 Å². The standard InChI is InChI=1S/C8H8.CHNO/c1-5-3-7-4-6(2)8(5)7;2-1-3/h3-4H,1-2H3;3H. The molecule has 0 unspecified atom stereocenters. The molecule has 56 valence electrons. The first-order valence-corrected chi connectivity index (χ1v) is 3.35.